The summed E-state index contributed by atoms with van der Waals surface area (Å²) in [5, 5.41) is 7.45. The third-order valence-electron chi connectivity index (χ3n) is 7.65. The van der Waals surface area contributed by atoms with Crippen LogP contribution in [0.5, 0.6) is 0 Å². The zero-order valence-corrected chi connectivity index (χ0v) is 21.7. The van der Waals surface area contributed by atoms with E-state index in [0.717, 1.165) is 25.9 Å². The van der Waals surface area contributed by atoms with Gasteiger partial charge in [0.1, 0.15) is 0 Å². The first kappa shape index (κ1) is 25.3. The van der Waals surface area contributed by atoms with Crippen LogP contribution in [0.4, 0.5) is 0 Å². The Balaban J connectivity index is 1.64. The van der Waals surface area contributed by atoms with Gasteiger partial charge in [0, 0.05) is 59.5 Å². The van der Waals surface area contributed by atoms with Crippen LogP contribution in [0.15, 0.2) is 23.5 Å². The monoisotopic (exact) mass is 418 g/mol. The van der Waals surface area contributed by atoms with Gasteiger partial charge < -0.3 is 10.6 Å². The highest BCUT2D eigenvalue weighted by Gasteiger charge is 2.39. The van der Waals surface area contributed by atoms with Gasteiger partial charge in [-0.1, -0.05) is 12.8 Å². The molecule has 174 valence electrons. The smallest absolute Gasteiger partial charge is 0.0356 e. The van der Waals surface area contributed by atoms with Crippen molar-refractivity contribution in [1.29, 1.82) is 0 Å². The van der Waals surface area contributed by atoms with E-state index in [1.165, 1.54) is 37.1 Å². The Labute approximate surface area is 187 Å². The van der Waals surface area contributed by atoms with Crippen LogP contribution in [-0.4, -0.2) is 59.1 Å². The molecule has 2 aliphatic heterocycles. The van der Waals surface area contributed by atoms with Gasteiger partial charge in [0.25, 0.3) is 0 Å². The van der Waals surface area contributed by atoms with Crippen molar-refractivity contribution in [2.45, 2.75) is 116 Å². The molecule has 4 nitrogen and oxygen atoms in total. The average molecular weight is 419 g/mol. The lowest BCUT2D eigenvalue weighted by molar-refractivity contribution is 0.0594. The molecule has 0 unspecified atom stereocenters. The van der Waals surface area contributed by atoms with Crippen LogP contribution in [0, 0.1) is 0 Å². The molecule has 0 aromatic rings. The maximum absolute atomic E-state index is 3.72. The molecular formula is C26H50N4. The predicted molar refractivity (Wildman–Crippen MR) is 132 cm³/mol. The van der Waals surface area contributed by atoms with Gasteiger partial charge in [-0.2, -0.15) is 0 Å². The molecule has 0 aromatic heterocycles. The van der Waals surface area contributed by atoms with Crippen molar-refractivity contribution in [2.24, 2.45) is 0 Å². The lowest BCUT2D eigenvalue weighted by atomic mass is 9.84. The van der Waals surface area contributed by atoms with E-state index in [0.29, 0.717) is 0 Å². The topological polar surface area (TPSA) is 30.5 Å². The summed E-state index contributed by atoms with van der Waals surface area (Å²) in [6, 6.07) is 0. The molecule has 2 heterocycles. The molecule has 0 saturated carbocycles. The number of unbranched alkanes of at least 4 members (excludes halogenated alkanes) is 3. The molecule has 30 heavy (non-hydrogen) atoms. The Morgan fingerprint density at radius 1 is 0.633 bits per heavy atom. The minimum atomic E-state index is 0.113. The molecule has 0 bridgehead atoms. The van der Waals surface area contributed by atoms with E-state index in [1.54, 1.807) is 0 Å². The maximum atomic E-state index is 3.72. The lowest BCUT2D eigenvalue weighted by Gasteiger charge is -2.49. The number of rotatable bonds is 9. The van der Waals surface area contributed by atoms with E-state index in [1.807, 2.05) is 0 Å². The van der Waals surface area contributed by atoms with Crippen molar-refractivity contribution >= 4 is 0 Å². The zero-order valence-electron chi connectivity index (χ0n) is 21.7. The highest BCUT2D eigenvalue weighted by Crippen LogP contribution is 2.35. The molecule has 0 fully saturated rings. The van der Waals surface area contributed by atoms with E-state index in [9.17, 15) is 0 Å². The number of nitrogens with one attached hydrogen (secondary N) is 2. The molecule has 0 aromatic carbocycles. The third-order valence-corrected chi connectivity index (χ3v) is 7.65. The third kappa shape index (κ3) is 6.26. The molecule has 0 saturated heterocycles. The van der Waals surface area contributed by atoms with Gasteiger partial charge in [0.2, 0.25) is 0 Å². The first-order valence-electron chi connectivity index (χ1n) is 12.1. The Bertz CT molecular complexity index is 583. The van der Waals surface area contributed by atoms with Crippen molar-refractivity contribution in [3.63, 3.8) is 0 Å². The summed E-state index contributed by atoms with van der Waals surface area (Å²) >= 11 is 0. The van der Waals surface area contributed by atoms with E-state index in [-0.39, 0.29) is 22.2 Å². The largest absolute Gasteiger partial charge is 0.388 e. The summed E-state index contributed by atoms with van der Waals surface area (Å²) in [7, 11) is 4.48. The van der Waals surface area contributed by atoms with Crippen molar-refractivity contribution < 1.29 is 0 Å². The summed E-state index contributed by atoms with van der Waals surface area (Å²) in [6.07, 6.45) is 12.1. The number of hydrogen-bond acceptors (Lipinski definition) is 4. The molecule has 0 radical (unpaired) electrons. The molecule has 0 atom stereocenters. The van der Waals surface area contributed by atoms with Gasteiger partial charge in [-0.25, -0.2) is 0 Å². The maximum Gasteiger partial charge on any atom is 0.0356 e. The van der Waals surface area contributed by atoms with Gasteiger partial charge in [0.05, 0.1) is 0 Å². The number of likely N-dealkylation sites (N-methyl/N-ethyl adjacent to an activating group) is 2. The van der Waals surface area contributed by atoms with Crippen molar-refractivity contribution in [2.75, 3.05) is 27.2 Å². The summed E-state index contributed by atoms with van der Waals surface area (Å²) in [5.41, 5.74) is 3.48. The van der Waals surface area contributed by atoms with Gasteiger partial charge in [-0.3, -0.25) is 9.80 Å². The standard InChI is InChI=1S/C26H50N4/c1-23(2)17-21(18-24(3,4)29(23)9)27-15-13-11-12-14-16-28-22-19-25(5,6)30(10)26(7,8)20-22/h17,19,27-28H,11-16,18,20H2,1-10H3. The fourth-order valence-electron chi connectivity index (χ4n) is 5.21. The van der Waals surface area contributed by atoms with Crippen LogP contribution in [0.25, 0.3) is 0 Å². The highest BCUT2D eigenvalue weighted by atomic mass is 15.2. The number of nitrogens with zero attached hydrogens (tertiary/aromatic N) is 2. The SMILES string of the molecule is CN1C(C)(C)C=C(NCCCCCCNC2=CC(C)(C)N(C)C(C)(C)C2)CC1(C)C. The first-order chi connectivity index (χ1) is 13.7. The fourth-order valence-corrected chi connectivity index (χ4v) is 5.21. The second kappa shape index (κ2) is 9.24. The summed E-state index contributed by atoms with van der Waals surface area (Å²) < 4.78 is 0. The van der Waals surface area contributed by atoms with E-state index in [4.69, 9.17) is 0 Å². The lowest BCUT2D eigenvalue weighted by Crippen LogP contribution is -2.56. The summed E-state index contributed by atoms with van der Waals surface area (Å²) in [4.78, 5) is 4.97. The van der Waals surface area contributed by atoms with Gasteiger partial charge in [-0.15, -0.1) is 0 Å². The van der Waals surface area contributed by atoms with Gasteiger partial charge >= 0.3 is 0 Å². The van der Waals surface area contributed by atoms with Crippen LogP contribution >= 0.6 is 0 Å². The second-order valence-corrected chi connectivity index (χ2v) is 12.0. The Hall–Kier alpha value is -1.00. The van der Waals surface area contributed by atoms with Crippen LogP contribution in [0.3, 0.4) is 0 Å². The minimum Gasteiger partial charge on any atom is -0.388 e. The van der Waals surface area contributed by atoms with E-state index < -0.39 is 0 Å². The Morgan fingerprint density at radius 3 is 1.27 bits per heavy atom. The normalized spacial score (nSPS) is 25.4. The Kier molecular flexibility index (Phi) is 7.78. The highest BCUT2D eigenvalue weighted by molar-refractivity contribution is 5.20. The molecule has 4 heteroatoms. The van der Waals surface area contributed by atoms with Crippen LogP contribution in [0.1, 0.15) is 93.9 Å². The van der Waals surface area contributed by atoms with Crippen molar-refractivity contribution in [1.82, 2.24) is 20.4 Å². The molecule has 2 rings (SSSR count). The minimum absolute atomic E-state index is 0.113. The molecule has 0 aliphatic carbocycles. The van der Waals surface area contributed by atoms with Crippen molar-refractivity contribution in [3.05, 3.63) is 23.5 Å². The number of hydrogen-bond donors (Lipinski definition) is 2. The predicted octanol–water partition coefficient (Wildman–Crippen LogP) is 5.28. The second-order valence-electron chi connectivity index (χ2n) is 12.0. The average Bonchev–Trinajstić information content (AvgIpc) is 2.59. The van der Waals surface area contributed by atoms with Gasteiger partial charge in [0.15, 0.2) is 0 Å². The van der Waals surface area contributed by atoms with Crippen LogP contribution < -0.4 is 10.6 Å². The Morgan fingerprint density at radius 2 is 0.967 bits per heavy atom. The first-order valence-corrected chi connectivity index (χ1v) is 12.1. The molecule has 0 spiro atoms. The summed E-state index contributed by atoms with van der Waals surface area (Å²) in [6.45, 7) is 20.8. The van der Waals surface area contributed by atoms with Crippen LogP contribution in [0.2, 0.25) is 0 Å². The molecule has 2 N–H and O–H groups in total. The van der Waals surface area contributed by atoms with E-state index >= 15 is 0 Å². The quantitative estimate of drug-likeness (QED) is 0.499. The van der Waals surface area contributed by atoms with Crippen LogP contribution in [-0.2, 0) is 0 Å². The molecule has 0 amide bonds. The summed E-state index contributed by atoms with van der Waals surface area (Å²) in [5.74, 6) is 0. The van der Waals surface area contributed by atoms with E-state index in [2.05, 4.69) is 102 Å². The molecular weight excluding hydrogens is 368 g/mol. The fraction of sp³-hybridized carbons (Fsp3) is 0.846. The molecule has 2 aliphatic rings. The van der Waals surface area contributed by atoms with Gasteiger partial charge in [-0.05, 0) is 94.5 Å². The zero-order chi connectivity index (χ0) is 22.8. The van der Waals surface area contributed by atoms with Crippen molar-refractivity contribution in [3.8, 4) is 0 Å².